The summed E-state index contributed by atoms with van der Waals surface area (Å²) in [5, 5.41) is 3.79. The molecular formula is C22H29FN2O6S. The van der Waals surface area contributed by atoms with Crippen LogP contribution in [0.25, 0.3) is 11.3 Å². The molecule has 0 saturated carbocycles. The molecule has 8 nitrogen and oxygen atoms in total. The molecule has 0 bridgehead atoms. The molecule has 176 valence electrons. The first kappa shape index (κ1) is 24.2. The van der Waals surface area contributed by atoms with E-state index in [9.17, 15) is 17.6 Å². The van der Waals surface area contributed by atoms with Gasteiger partial charge in [-0.25, -0.2) is 17.6 Å². The fourth-order valence-corrected chi connectivity index (χ4v) is 4.38. The number of rotatable bonds is 5. The SMILES string of the molecule is CC(C)(C)OC(=O)N1[C@H](CF)[C@@H](c2ccc(-c3cc(CS(C)(=O)=O)no3)cc2)OC1(C)C. The molecule has 0 unspecified atom stereocenters. The highest BCUT2D eigenvalue weighted by Crippen LogP contribution is 2.42. The topological polar surface area (TPSA) is 98.9 Å². The van der Waals surface area contributed by atoms with E-state index in [-0.39, 0.29) is 5.75 Å². The summed E-state index contributed by atoms with van der Waals surface area (Å²) >= 11 is 0. The van der Waals surface area contributed by atoms with Crippen molar-refractivity contribution in [2.45, 2.75) is 63.8 Å². The average Bonchev–Trinajstić information content (AvgIpc) is 3.20. The normalized spacial score (nSPS) is 21.0. The predicted octanol–water partition coefficient (Wildman–Crippen LogP) is 4.27. The molecule has 32 heavy (non-hydrogen) atoms. The summed E-state index contributed by atoms with van der Waals surface area (Å²) in [7, 11) is -3.22. The van der Waals surface area contributed by atoms with E-state index in [0.717, 1.165) is 6.26 Å². The lowest BCUT2D eigenvalue weighted by atomic mass is 10.0. The van der Waals surface area contributed by atoms with Gasteiger partial charge in [-0.3, -0.25) is 4.90 Å². The van der Waals surface area contributed by atoms with Gasteiger partial charge in [0, 0.05) is 17.9 Å². The van der Waals surface area contributed by atoms with E-state index in [1.54, 1.807) is 65.0 Å². The maximum absolute atomic E-state index is 14.1. The molecule has 0 N–H and O–H groups in total. The van der Waals surface area contributed by atoms with Gasteiger partial charge in [0.25, 0.3) is 0 Å². The largest absolute Gasteiger partial charge is 0.444 e. The second kappa shape index (κ2) is 8.47. The highest BCUT2D eigenvalue weighted by atomic mass is 32.2. The molecule has 3 rings (SSSR count). The molecule has 1 amide bonds. The van der Waals surface area contributed by atoms with Crippen LogP contribution < -0.4 is 0 Å². The van der Waals surface area contributed by atoms with Crippen molar-refractivity contribution in [3.8, 4) is 11.3 Å². The van der Waals surface area contributed by atoms with Crippen LogP contribution in [0.15, 0.2) is 34.9 Å². The minimum atomic E-state index is -3.22. The van der Waals surface area contributed by atoms with E-state index < -0.39 is 46.1 Å². The monoisotopic (exact) mass is 468 g/mol. The lowest BCUT2D eigenvalue weighted by Crippen LogP contribution is -2.50. The van der Waals surface area contributed by atoms with E-state index >= 15 is 0 Å². The Bertz CT molecular complexity index is 1070. The molecule has 10 heteroatoms. The third-order valence-electron chi connectivity index (χ3n) is 4.92. The van der Waals surface area contributed by atoms with Gasteiger partial charge in [-0.05, 0) is 40.2 Å². The first-order valence-corrected chi connectivity index (χ1v) is 12.3. The first-order chi connectivity index (χ1) is 14.7. The van der Waals surface area contributed by atoms with Crippen molar-refractivity contribution in [2.75, 3.05) is 12.9 Å². The Balaban J connectivity index is 1.83. The Morgan fingerprint density at radius 3 is 2.41 bits per heavy atom. The van der Waals surface area contributed by atoms with Crippen molar-refractivity contribution in [2.24, 2.45) is 0 Å². The van der Waals surface area contributed by atoms with Gasteiger partial charge >= 0.3 is 6.09 Å². The van der Waals surface area contributed by atoms with Crippen LogP contribution >= 0.6 is 0 Å². The summed E-state index contributed by atoms with van der Waals surface area (Å²) in [5.41, 5.74) is -0.0993. The zero-order chi connectivity index (χ0) is 23.9. The van der Waals surface area contributed by atoms with E-state index in [1.165, 1.54) is 4.90 Å². The molecule has 1 aliphatic rings. The van der Waals surface area contributed by atoms with Gasteiger partial charge in [0.1, 0.15) is 24.1 Å². The second-order valence-electron chi connectivity index (χ2n) is 9.43. The van der Waals surface area contributed by atoms with E-state index in [2.05, 4.69) is 5.16 Å². The smallest absolute Gasteiger partial charge is 0.413 e. The predicted molar refractivity (Wildman–Crippen MR) is 116 cm³/mol. The van der Waals surface area contributed by atoms with Gasteiger partial charge in [-0.1, -0.05) is 29.4 Å². The van der Waals surface area contributed by atoms with Crippen LogP contribution in [0, 0.1) is 0 Å². The Kier molecular flexibility index (Phi) is 6.41. The number of aromatic nitrogens is 1. The van der Waals surface area contributed by atoms with Crippen LogP contribution in [-0.2, 0) is 25.1 Å². The third-order valence-corrected chi connectivity index (χ3v) is 5.74. The van der Waals surface area contributed by atoms with Crippen molar-refractivity contribution in [3.05, 3.63) is 41.6 Å². The number of nitrogens with zero attached hydrogens (tertiary/aromatic N) is 2. The number of carbonyl (C=O) groups excluding carboxylic acids is 1. The Labute approximate surface area is 187 Å². The number of amides is 1. The van der Waals surface area contributed by atoms with Gasteiger partial charge < -0.3 is 14.0 Å². The number of hydrogen-bond acceptors (Lipinski definition) is 7. The highest BCUT2D eigenvalue weighted by Gasteiger charge is 2.51. The standard InChI is InChI=1S/C22H29FN2O6S/c1-21(2,3)30-20(26)25-17(12-23)19(29-22(25,4)5)15-9-7-14(8-10-15)18-11-16(24-31-18)13-32(6,27)28/h7-11,17,19H,12-13H2,1-6H3/t17-,19-/m1/s1. The average molecular weight is 469 g/mol. The fourth-order valence-electron chi connectivity index (χ4n) is 3.71. The zero-order valence-electron chi connectivity index (χ0n) is 19.1. The van der Waals surface area contributed by atoms with Crippen LogP contribution in [0.2, 0.25) is 0 Å². The summed E-state index contributed by atoms with van der Waals surface area (Å²) in [6.07, 6.45) is -0.197. The number of halogens is 1. The summed E-state index contributed by atoms with van der Waals surface area (Å²) in [4.78, 5) is 14.1. The first-order valence-electron chi connectivity index (χ1n) is 10.2. The van der Waals surface area contributed by atoms with Gasteiger partial charge in [0.2, 0.25) is 0 Å². The Hall–Kier alpha value is -2.46. The number of carbonyl (C=O) groups is 1. The van der Waals surface area contributed by atoms with Crippen molar-refractivity contribution in [1.82, 2.24) is 10.1 Å². The molecule has 1 aliphatic heterocycles. The molecule has 2 atom stereocenters. The minimum Gasteiger partial charge on any atom is -0.444 e. The molecule has 1 aromatic heterocycles. The van der Waals surface area contributed by atoms with Gasteiger partial charge in [-0.2, -0.15) is 0 Å². The van der Waals surface area contributed by atoms with Crippen LogP contribution in [0.4, 0.5) is 9.18 Å². The van der Waals surface area contributed by atoms with Crippen molar-refractivity contribution >= 4 is 15.9 Å². The summed E-state index contributed by atoms with van der Waals surface area (Å²) in [6, 6.07) is 7.74. The molecular weight excluding hydrogens is 439 g/mol. The van der Waals surface area contributed by atoms with Crippen molar-refractivity contribution < 1.29 is 31.6 Å². The number of ether oxygens (including phenoxy) is 2. The van der Waals surface area contributed by atoms with Crippen molar-refractivity contribution in [3.63, 3.8) is 0 Å². The molecule has 2 aromatic rings. The number of alkyl halides is 1. The highest BCUT2D eigenvalue weighted by molar-refractivity contribution is 7.89. The Morgan fingerprint density at radius 2 is 1.88 bits per heavy atom. The molecule has 2 heterocycles. The summed E-state index contributed by atoms with van der Waals surface area (Å²) in [6.45, 7) is 7.85. The number of hydrogen-bond donors (Lipinski definition) is 0. The van der Waals surface area contributed by atoms with Crippen LogP contribution in [0.3, 0.4) is 0 Å². The molecule has 1 aromatic carbocycles. The number of benzene rings is 1. The van der Waals surface area contributed by atoms with E-state index in [4.69, 9.17) is 14.0 Å². The second-order valence-corrected chi connectivity index (χ2v) is 11.6. The maximum atomic E-state index is 14.1. The summed E-state index contributed by atoms with van der Waals surface area (Å²) < 4.78 is 53.8. The molecule has 0 aliphatic carbocycles. The lowest BCUT2D eigenvalue weighted by Gasteiger charge is -2.34. The van der Waals surface area contributed by atoms with Crippen LogP contribution in [-0.4, -0.2) is 54.9 Å². The summed E-state index contributed by atoms with van der Waals surface area (Å²) in [5.74, 6) is 0.207. The van der Waals surface area contributed by atoms with Gasteiger partial charge in [-0.15, -0.1) is 0 Å². The Morgan fingerprint density at radius 1 is 1.25 bits per heavy atom. The quantitative estimate of drug-likeness (QED) is 0.646. The fraction of sp³-hybridized carbons (Fsp3) is 0.545. The lowest BCUT2D eigenvalue weighted by molar-refractivity contribution is -0.0797. The van der Waals surface area contributed by atoms with Crippen LogP contribution in [0.5, 0.6) is 0 Å². The van der Waals surface area contributed by atoms with Crippen LogP contribution in [0.1, 0.15) is 52.0 Å². The van der Waals surface area contributed by atoms with E-state index in [0.29, 0.717) is 22.6 Å². The molecule has 1 saturated heterocycles. The minimum absolute atomic E-state index is 0.210. The zero-order valence-corrected chi connectivity index (χ0v) is 19.9. The van der Waals surface area contributed by atoms with Gasteiger partial charge in [0.15, 0.2) is 15.6 Å². The molecule has 1 fully saturated rings. The third kappa shape index (κ3) is 5.47. The number of sulfone groups is 1. The van der Waals surface area contributed by atoms with Gasteiger partial charge in [0.05, 0.1) is 17.5 Å². The van der Waals surface area contributed by atoms with Crippen molar-refractivity contribution in [1.29, 1.82) is 0 Å². The molecule has 0 radical (unpaired) electrons. The molecule has 0 spiro atoms. The van der Waals surface area contributed by atoms with E-state index in [1.807, 2.05) is 0 Å². The maximum Gasteiger partial charge on any atom is 0.413 e.